The van der Waals surface area contributed by atoms with Crippen LogP contribution in [0.5, 0.6) is 17.5 Å². The number of hydrogen-bond donors (Lipinski definition) is 2. The van der Waals surface area contributed by atoms with E-state index in [0.717, 1.165) is 56.7 Å². The number of aromatic nitrogens is 7. The SMILES string of the molecule is COc1ncccc1C(=O)Nc1cn2cc(C34COC(C)(C3)C4)nc2nc1OC1CC1c1ccc(C(F)F)nc1C(=O)Nc1cc(OC)c2nc(CC3CCOCC3)cn2c1. The molecule has 16 nitrogen and oxygen atoms in total. The molecule has 9 heterocycles. The summed E-state index contributed by atoms with van der Waals surface area (Å²) in [5.41, 5.74) is 2.47. The van der Waals surface area contributed by atoms with E-state index in [1.165, 1.54) is 32.5 Å². The number of halogens is 2. The third-order valence-electron chi connectivity index (χ3n) is 12.2. The summed E-state index contributed by atoms with van der Waals surface area (Å²) in [5, 5.41) is 5.76. The highest BCUT2D eigenvalue weighted by molar-refractivity contribution is 6.06. The third-order valence-corrected chi connectivity index (χ3v) is 12.2. The van der Waals surface area contributed by atoms with Crippen molar-refractivity contribution in [2.45, 2.75) is 74.9 Å². The molecule has 2 aliphatic carbocycles. The van der Waals surface area contributed by atoms with Crippen molar-refractivity contribution < 1.29 is 42.1 Å². The van der Waals surface area contributed by atoms with Crippen LogP contribution in [0.1, 0.15) is 94.9 Å². The molecule has 316 valence electrons. The molecule has 0 spiro atoms. The number of amides is 2. The zero-order valence-electron chi connectivity index (χ0n) is 33.7. The molecule has 2 atom stereocenters. The number of anilines is 2. The molecule has 2 N–H and O–H groups in total. The van der Waals surface area contributed by atoms with Gasteiger partial charge in [-0.25, -0.2) is 28.7 Å². The van der Waals surface area contributed by atoms with E-state index in [2.05, 4.69) is 27.5 Å². The molecule has 2 unspecified atom stereocenters. The van der Waals surface area contributed by atoms with Gasteiger partial charge in [0, 0.05) is 61.6 Å². The molecule has 3 aliphatic heterocycles. The summed E-state index contributed by atoms with van der Waals surface area (Å²) in [5.74, 6) is -0.134. The van der Waals surface area contributed by atoms with E-state index in [0.29, 0.717) is 47.4 Å². The van der Waals surface area contributed by atoms with Crippen molar-refractivity contribution in [3.63, 3.8) is 0 Å². The number of carbonyl (C=O) groups is 2. The summed E-state index contributed by atoms with van der Waals surface area (Å²) in [6.07, 6.45) is 10.1. The van der Waals surface area contributed by atoms with E-state index >= 15 is 0 Å². The summed E-state index contributed by atoms with van der Waals surface area (Å²) in [6.45, 7) is 4.11. The van der Waals surface area contributed by atoms with Crippen LogP contribution in [0.25, 0.3) is 11.4 Å². The summed E-state index contributed by atoms with van der Waals surface area (Å²) in [6, 6.07) is 7.56. The highest BCUT2D eigenvalue weighted by Crippen LogP contribution is 2.58. The number of nitrogens with one attached hydrogen (secondary N) is 2. The predicted molar refractivity (Wildman–Crippen MR) is 215 cm³/mol. The number of fused-ring (bicyclic) bond motifs is 3. The van der Waals surface area contributed by atoms with E-state index in [1.807, 2.05) is 12.4 Å². The lowest BCUT2D eigenvalue weighted by Crippen LogP contribution is -2.45. The van der Waals surface area contributed by atoms with Crippen molar-refractivity contribution in [3.05, 3.63) is 95.2 Å². The number of carbonyl (C=O) groups excluding carboxylic acids is 2. The lowest BCUT2D eigenvalue weighted by atomic mass is 9.62. The van der Waals surface area contributed by atoms with E-state index in [-0.39, 0.29) is 39.7 Å². The molecule has 3 saturated heterocycles. The van der Waals surface area contributed by atoms with Gasteiger partial charge in [-0.05, 0) is 75.1 Å². The number of methoxy groups -OCH3 is 2. The zero-order chi connectivity index (χ0) is 42.0. The summed E-state index contributed by atoms with van der Waals surface area (Å²) in [7, 11) is 2.94. The number of pyridine rings is 3. The molecule has 18 heteroatoms. The lowest BCUT2D eigenvalue weighted by Gasteiger charge is -2.41. The van der Waals surface area contributed by atoms with Gasteiger partial charge < -0.3 is 38.7 Å². The van der Waals surface area contributed by atoms with E-state index in [4.69, 9.17) is 38.6 Å². The normalized spacial score (nSPS) is 23.2. The maximum atomic E-state index is 14.1. The van der Waals surface area contributed by atoms with E-state index < -0.39 is 36.0 Å². The summed E-state index contributed by atoms with van der Waals surface area (Å²) in [4.78, 5) is 50.4. The van der Waals surface area contributed by atoms with E-state index in [1.54, 1.807) is 39.4 Å². The maximum absolute atomic E-state index is 14.1. The Labute approximate surface area is 348 Å². The van der Waals surface area contributed by atoms with Gasteiger partial charge in [0.05, 0.1) is 43.5 Å². The van der Waals surface area contributed by atoms with Crippen molar-refractivity contribution in [2.24, 2.45) is 5.92 Å². The Kier molecular flexibility index (Phi) is 9.58. The Hall–Kier alpha value is -6.27. The van der Waals surface area contributed by atoms with Crippen LogP contribution in [-0.4, -0.2) is 91.3 Å². The van der Waals surface area contributed by atoms with Crippen LogP contribution >= 0.6 is 0 Å². The van der Waals surface area contributed by atoms with Crippen LogP contribution in [0.4, 0.5) is 20.2 Å². The fourth-order valence-electron chi connectivity index (χ4n) is 9.14. The molecular formula is C43H43F2N9O7. The van der Waals surface area contributed by atoms with Crippen molar-refractivity contribution >= 4 is 34.6 Å². The molecule has 11 rings (SSSR count). The van der Waals surface area contributed by atoms with E-state index in [9.17, 15) is 18.4 Å². The number of ether oxygens (including phenoxy) is 5. The molecule has 0 radical (unpaired) electrons. The standard InChI is InChI=1S/C43H43F2N9O7/c1-42-20-43(21-42,22-60-42)33-19-54-18-30(50-37(55)27-5-4-10-46-39(27)58-3)40(52-41(54)51-33)61-31-15-28(31)26-6-7-29(35(44)45)49-34(26)38(56)48-25-14-32(57-2)36-47-24(16-53(36)17-25)13-23-8-11-59-12-9-23/h4-7,10,14,16-19,23,28,31,35H,8-9,11-13,15,20-22H2,1-3H3,(H,48,56)(H,50,55). The van der Waals surface area contributed by atoms with Gasteiger partial charge in [-0.3, -0.25) is 14.0 Å². The molecular weight excluding hydrogens is 793 g/mol. The molecule has 61 heavy (non-hydrogen) atoms. The number of nitrogens with zero attached hydrogens (tertiary/aromatic N) is 7. The average molecular weight is 836 g/mol. The lowest BCUT2D eigenvalue weighted by molar-refractivity contribution is 0.0154. The maximum Gasteiger partial charge on any atom is 0.280 e. The first-order valence-corrected chi connectivity index (χ1v) is 20.3. The number of hydrogen-bond acceptors (Lipinski definition) is 12. The predicted octanol–water partition coefficient (Wildman–Crippen LogP) is 6.35. The van der Waals surface area contributed by atoms with Crippen LogP contribution < -0.4 is 24.8 Å². The Morgan fingerprint density at radius 1 is 0.951 bits per heavy atom. The van der Waals surface area contributed by atoms with Crippen molar-refractivity contribution in [2.75, 3.05) is 44.7 Å². The van der Waals surface area contributed by atoms with Crippen LogP contribution in [0.15, 0.2) is 61.3 Å². The molecule has 2 bridgehead atoms. The van der Waals surface area contributed by atoms with Gasteiger partial charge in [-0.15, -0.1) is 0 Å². The molecule has 5 aliphatic rings. The van der Waals surface area contributed by atoms with Crippen molar-refractivity contribution in [1.29, 1.82) is 0 Å². The zero-order valence-corrected chi connectivity index (χ0v) is 33.7. The fraction of sp³-hybridized carbons (Fsp3) is 0.419. The van der Waals surface area contributed by atoms with Crippen LogP contribution in [0, 0.1) is 5.92 Å². The first-order valence-electron chi connectivity index (χ1n) is 20.3. The minimum Gasteiger partial charge on any atom is -0.493 e. The van der Waals surface area contributed by atoms with Crippen LogP contribution in [0.2, 0.25) is 0 Å². The Morgan fingerprint density at radius 3 is 2.54 bits per heavy atom. The first kappa shape index (κ1) is 38.9. The minimum absolute atomic E-state index is 0.0899. The van der Waals surface area contributed by atoms with Gasteiger partial charge in [-0.2, -0.15) is 4.98 Å². The monoisotopic (exact) mass is 835 g/mol. The van der Waals surface area contributed by atoms with Gasteiger partial charge in [0.15, 0.2) is 11.4 Å². The second-order valence-corrected chi connectivity index (χ2v) is 16.6. The fourth-order valence-corrected chi connectivity index (χ4v) is 9.14. The molecule has 6 aromatic rings. The van der Waals surface area contributed by atoms with Crippen molar-refractivity contribution in [1.82, 2.24) is 33.7 Å². The van der Waals surface area contributed by atoms with Crippen LogP contribution in [0.3, 0.4) is 0 Å². The van der Waals surface area contributed by atoms with Gasteiger partial charge in [-0.1, -0.05) is 6.07 Å². The van der Waals surface area contributed by atoms with Gasteiger partial charge in [0.25, 0.3) is 18.2 Å². The van der Waals surface area contributed by atoms with Crippen molar-refractivity contribution in [3.8, 4) is 17.5 Å². The number of alkyl halides is 2. The third kappa shape index (κ3) is 7.26. The second-order valence-electron chi connectivity index (χ2n) is 16.6. The molecule has 2 amide bonds. The highest BCUT2D eigenvalue weighted by Gasteiger charge is 2.61. The Bertz CT molecular complexity index is 2690. The van der Waals surface area contributed by atoms with Gasteiger partial charge in [0.2, 0.25) is 17.5 Å². The molecule has 2 saturated carbocycles. The molecule has 5 fully saturated rings. The minimum atomic E-state index is -2.91. The van der Waals surface area contributed by atoms with Gasteiger partial charge >= 0.3 is 0 Å². The molecule has 6 aromatic heterocycles. The molecule has 0 aromatic carbocycles. The highest BCUT2D eigenvalue weighted by atomic mass is 19.3. The Balaban J connectivity index is 0.930. The second kappa shape index (κ2) is 15.0. The summed E-state index contributed by atoms with van der Waals surface area (Å²) >= 11 is 0. The average Bonchev–Trinajstić information content (AvgIpc) is 3.52. The quantitative estimate of drug-likeness (QED) is 0.132. The summed E-state index contributed by atoms with van der Waals surface area (Å²) < 4.78 is 60.7. The topological polar surface area (TPSA) is 178 Å². The number of rotatable bonds is 13. The smallest absolute Gasteiger partial charge is 0.280 e. The first-order chi connectivity index (χ1) is 29.5. The number of imidazole rings is 2. The van der Waals surface area contributed by atoms with Gasteiger partial charge in [0.1, 0.15) is 28.7 Å². The van der Waals surface area contributed by atoms with Crippen LogP contribution in [-0.2, 0) is 21.3 Å². The Morgan fingerprint density at radius 2 is 1.79 bits per heavy atom. The largest absolute Gasteiger partial charge is 0.493 e.